The number of hydrogen-bond donors (Lipinski definition) is 0. The number of furan rings is 1. The summed E-state index contributed by atoms with van der Waals surface area (Å²) in [5.41, 5.74) is 4.34. The smallest absolute Gasteiger partial charge is 0.153 e. The molecule has 1 aliphatic heterocycles. The monoisotopic (exact) mass is 330 g/mol. The first-order valence-corrected chi connectivity index (χ1v) is 8.45. The molecule has 4 nitrogen and oxygen atoms in total. The molecule has 4 heteroatoms. The lowest BCUT2D eigenvalue weighted by molar-refractivity contribution is 0.318. The van der Waals surface area contributed by atoms with Crippen molar-refractivity contribution < 1.29 is 9.15 Å². The number of fused-ring (bicyclic) bond motifs is 2. The van der Waals surface area contributed by atoms with Crippen molar-refractivity contribution in [3.63, 3.8) is 0 Å². The van der Waals surface area contributed by atoms with Crippen LogP contribution >= 0.6 is 0 Å². The Balaban J connectivity index is 1.71. The van der Waals surface area contributed by atoms with E-state index in [9.17, 15) is 0 Å². The predicted molar refractivity (Wildman–Crippen MR) is 98.4 cm³/mol. The highest BCUT2D eigenvalue weighted by Gasteiger charge is 2.28. The molecule has 0 N–H and O–H groups in total. The van der Waals surface area contributed by atoms with E-state index in [2.05, 4.69) is 19.9 Å². The highest BCUT2D eigenvalue weighted by molar-refractivity contribution is 6.09. The van der Waals surface area contributed by atoms with Gasteiger partial charge in [-0.15, -0.1) is 0 Å². The van der Waals surface area contributed by atoms with E-state index in [0.717, 1.165) is 45.9 Å². The Kier molecular flexibility index (Phi) is 3.77. The summed E-state index contributed by atoms with van der Waals surface area (Å²) in [5.74, 6) is 1.73. The van der Waals surface area contributed by atoms with Gasteiger partial charge < -0.3 is 9.15 Å². The third-order valence-electron chi connectivity index (χ3n) is 4.49. The van der Waals surface area contributed by atoms with Crippen LogP contribution in [0.3, 0.4) is 0 Å². The van der Waals surface area contributed by atoms with Gasteiger partial charge in [0, 0.05) is 11.3 Å². The van der Waals surface area contributed by atoms with Gasteiger partial charge in [-0.25, -0.2) is 4.99 Å². The summed E-state index contributed by atoms with van der Waals surface area (Å²) in [4.78, 5) is 4.72. The lowest BCUT2D eigenvalue weighted by Crippen LogP contribution is -2.10. The molecule has 2 aromatic rings. The van der Waals surface area contributed by atoms with Crippen molar-refractivity contribution in [3.05, 3.63) is 59.4 Å². The molecule has 4 rings (SSSR count). The number of nitriles is 1. The fourth-order valence-electron chi connectivity index (χ4n) is 3.20. The highest BCUT2D eigenvalue weighted by Crippen LogP contribution is 2.38. The van der Waals surface area contributed by atoms with Crippen LogP contribution in [0.5, 0.6) is 5.75 Å². The molecule has 0 saturated heterocycles. The molecular formula is C21H18N2O2. The minimum atomic E-state index is 0.128. The maximum atomic E-state index is 9.07. The molecule has 0 amide bonds. The van der Waals surface area contributed by atoms with E-state index in [0.29, 0.717) is 12.2 Å². The summed E-state index contributed by atoms with van der Waals surface area (Å²) in [6.07, 6.45) is 6.71. The van der Waals surface area contributed by atoms with E-state index in [1.807, 2.05) is 42.5 Å². The van der Waals surface area contributed by atoms with Gasteiger partial charge in [-0.05, 0) is 55.3 Å². The van der Waals surface area contributed by atoms with Crippen LogP contribution in [0.2, 0.25) is 0 Å². The van der Waals surface area contributed by atoms with Gasteiger partial charge in [-0.3, -0.25) is 0 Å². The molecule has 0 spiro atoms. The Hall–Kier alpha value is -3.06. The van der Waals surface area contributed by atoms with Crippen LogP contribution in [0.15, 0.2) is 63.0 Å². The van der Waals surface area contributed by atoms with Gasteiger partial charge in [-0.1, -0.05) is 13.0 Å². The van der Waals surface area contributed by atoms with Crippen LogP contribution in [0.25, 0.3) is 16.7 Å². The summed E-state index contributed by atoms with van der Waals surface area (Å²) in [7, 11) is 0. The summed E-state index contributed by atoms with van der Waals surface area (Å²) in [5, 5.41) is 10.1. The second-order valence-corrected chi connectivity index (χ2v) is 6.28. The molecule has 0 saturated carbocycles. The van der Waals surface area contributed by atoms with Gasteiger partial charge in [0.25, 0.3) is 0 Å². The molecule has 0 fully saturated rings. The summed E-state index contributed by atoms with van der Waals surface area (Å²) >= 11 is 0. The maximum Gasteiger partial charge on any atom is 0.153 e. The van der Waals surface area contributed by atoms with Crippen molar-refractivity contribution in [3.8, 4) is 11.8 Å². The van der Waals surface area contributed by atoms with Crippen molar-refractivity contribution in [1.82, 2.24) is 0 Å². The highest BCUT2D eigenvalue weighted by atomic mass is 16.5. The normalized spacial score (nSPS) is 18.8. The second kappa shape index (κ2) is 6.10. The molecule has 1 aliphatic carbocycles. The Morgan fingerprint density at radius 3 is 3.00 bits per heavy atom. The lowest BCUT2D eigenvalue weighted by Gasteiger charge is -2.11. The van der Waals surface area contributed by atoms with E-state index in [-0.39, 0.29) is 5.92 Å². The molecule has 1 atom stereocenters. The molecule has 0 bridgehead atoms. The molecule has 1 aromatic heterocycles. The molecular weight excluding hydrogens is 312 g/mol. The maximum absolute atomic E-state index is 9.07. The molecule has 0 radical (unpaired) electrons. The van der Waals surface area contributed by atoms with Crippen LogP contribution in [-0.2, 0) is 0 Å². The van der Waals surface area contributed by atoms with Crippen LogP contribution in [0, 0.1) is 17.2 Å². The van der Waals surface area contributed by atoms with Crippen molar-refractivity contribution in [2.24, 2.45) is 10.9 Å². The summed E-state index contributed by atoms with van der Waals surface area (Å²) < 4.78 is 11.7. The molecule has 1 unspecified atom stereocenters. The lowest BCUT2D eigenvalue weighted by atomic mass is 9.90. The zero-order valence-corrected chi connectivity index (χ0v) is 14.2. The van der Waals surface area contributed by atoms with Gasteiger partial charge in [0.1, 0.15) is 17.0 Å². The number of aliphatic imine (C=N–C) groups is 1. The third-order valence-corrected chi connectivity index (χ3v) is 4.49. The average molecular weight is 330 g/mol. The van der Waals surface area contributed by atoms with E-state index < -0.39 is 0 Å². The van der Waals surface area contributed by atoms with Crippen molar-refractivity contribution in [2.75, 3.05) is 6.61 Å². The molecule has 124 valence electrons. The Labute approximate surface area is 146 Å². The first kappa shape index (κ1) is 15.5. The molecule has 2 heterocycles. The van der Waals surface area contributed by atoms with Gasteiger partial charge >= 0.3 is 0 Å². The molecule has 1 aromatic carbocycles. The van der Waals surface area contributed by atoms with Crippen LogP contribution < -0.4 is 4.74 Å². The van der Waals surface area contributed by atoms with E-state index in [1.54, 1.807) is 0 Å². The molecule has 25 heavy (non-hydrogen) atoms. The van der Waals surface area contributed by atoms with Gasteiger partial charge in [0.05, 0.1) is 24.0 Å². The quantitative estimate of drug-likeness (QED) is 0.789. The van der Waals surface area contributed by atoms with E-state index in [4.69, 9.17) is 19.4 Å². The zero-order valence-electron chi connectivity index (χ0n) is 14.2. The number of benzene rings is 1. The van der Waals surface area contributed by atoms with Crippen molar-refractivity contribution in [2.45, 2.75) is 20.3 Å². The minimum absolute atomic E-state index is 0.128. The number of hydrogen-bond acceptors (Lipinski definition) is 4. The Morgan fingerprint density at radius 2 is 2.20 bits per heavy atom. The van der Waals surface area contributed by atoms with Crippen LogP contribution in [0.4, 0.5) is 0 Å². The van der Waals surface area contributed by atoms with E-state index in [1.165, 1.54) is 0 Å². The number of ether oxygens (including phenoxy) is 1. The van der Waals surface area contributed by atoms with Crippen molar-refractivity contribution >= 4 is 22.4 Å². The second-order valence-electron chi connectivity index (χ2n) is 6.28. The van der Waals surface area contributed by atoms with Crippen LogP contribution in [-0.4, -0.2) is 12.3 Å². The summed E-state index contributed by atoms with van der Waals surface area (Å²) in [6.45, 7) is 4.85. The minimum Gasteiger partial charge on any atom is -0.494 e. The fraction of sp³-hybridized carbons (Fsp3) is 0.238. The van der Waals surface area contributed by atoms with Gasteiger partial charge in [-0.2, -0.15) is 5.26 Å². The Bertz CT molecular complexity index is 1010. The fourth-order valence-corrected chi connectivity index (χ4v) is 3.20. The van der Waals surface area contributed by atoms with Gasteiger partial charge in [0.15, 0.2) is 5.76 Å². The van der Waals surface area contributed by atoms with Gasteiger partial charge in [0.2, 0.25) is 0 Å². The zero-order chi connectivity index (χ0) is 17.4. The molecule has 2 aliphatic rings. The SMILES string of the molecule is CCCOc1ccc2oc(C3=C(C)C4C=CC(C#N)=CC4=N3)cc2c1. The van der Waals surface area contributed by atoms with Crippen LogP contribution in [0.1, 0.15) is 26.0 Å². The number of nitrogens with zero attached hydrogens (tertiary/aromatic N) is 2. The Morgan fingerprint density at radius 1 is 1.32 bits per heavy atom. The predicted octanol–water partition coefficient (Wildman–Crippen LogP) is 5.04. The first-order chi connectivity index (χ1) is 12.2. The van der Waals surface area contributed by atoms with E-state index >= 15 is 0 Å². The number of allylic oxidation sites excluding steroid dienone is 5. The first-order valence-electron chi connectivity index (χ1n) is 8.45. The largest absolute Gasteiger partial charge is 0.494 e. The topological polar surface area (TPSA) is 58.5 Å². The number of rotatable bonds is 4. The van der Waals surface area contributed by atoms with Crippen molar-refractivity contribution in [1.29, 1.82) is 5.26 Å². The standard InChI is InChI=1S/C21H18N2O2/c1-3-8-24-16-5-7-19-15(10-16)11-20(25-19)21-13(2)17-6-4-14(12-22)9-18(17)23-21/h4-7,9-11,17H,3,8H2,1-2H3. The average Bonchev–Trinajstić information content (AvgIpc) is 3.20. The summed E-state index contributed by atoms with van der Waals surface area (Å²) in [6, 6.07) is 10.0. The third kappa shape index (κ3) is 2.68.